The molecule has 0 saturated heterocycles. The SMILES string of the molecule is NC(=O)C(F)(F)C(F)(Cl)C(F)(F)C(N)=O. The van der Waals surface area contributed by atoms with Crippen molar-refractivity contribution in [1.82, 2.24) is 0 Å². The lowest BCUT2D eigenvalue weighted by Gasteiger charge is -2.30. The first-order chi connectivity index (χ1) is 6.39. The summed E-state index contributed by atoms with van der Waals surface area (Å²) in [6.45, 7) is 0. The van der Waals surface area contributed by atoms with Gasteiger partial charge in [0.25, 0.3) is 11.8 Å². The summed E-state index contributed by atoms with van der Waals surface area (Å²) in [5.74, 6) is -16.4. The number of carbonyl (C=O) groups excluding carboxylic acids is 2. The number of primary amides is 2. The zero-order valence-corrected chi connectivity index (χ0v) is 7.49. The van der Waals surface area contributed by atoms with Crippen LogP contribution in [0.1, 0.15) is 0 Å². The van der Waals surface area contributed by atoms with Crippen molar-refractivity contribution in [3.05, 3.63) is 0 Å². The third kappa shape index (κ3) is 1.83. The summed E-state index contributed by atoms with van der Waals surface area (Å²) in [5, 5.41) is -5.31. The van der Waals surface area contributed by atoms with Crippen LogP contribution in [0.2, 0.25) is 0 Å². The molecule has 15 heavy (non-hydrogen) atoms. The van der Waals surface area contributed by atoms with Gasteiger partial charge in [0, 0.05) is 0 Å². The van der Waals surface area contributed by atoms with E-state index in [1.807, 2.05) is 0 Å². The molecule has 0 aromatic carbocycles. The smallest absolute Gasteiger partial charge is 0.364 e. The highest BCUT2D eigenvalue weighted by atomic mass is 35.5. The molecule has 10 heteroatoms. The molecule has 0 rings (SSSR count). The number of alkyl halides is 6. The number of amides is 2. The Kier molecular flexibility index (Phi) is 3.21. The average Bonchev–Trinajstić information content (AvgIpc) is 2.02. The normalized spacial score (nSPS) is 13.7. The molecule has 2 amide bonds. The molecule has 4 N–H and O–H groups in total. The minimum absolute atomic E-state index is 2.75. The van der Waals surface area contributed by atoms with Crippen LogP contribution in [0.5, 0.6) is 0 Å². The standard InChI is InChI=1S/C5H4ClF5N2O2/c6-5(11,3(7,8)1(12)14)4(9,10)2(13)15/h(H2,12,14)(H2,13,15). The van der Waals surface area contributed by atoms with Crippen molar-refractivity contribution in [1.29, 1.82) is 0 Å². The maximum absolute atomic E-state index is 12.8. The van der Waals surface area contributed by atoms with E-state index in [0.717, 1.165) is 0 Å². The van der Waals surface area contributed by atoms with Gasteiger partial charge in [0.05, 0.1) is 0 Å². The van der Waals surface area contributed by atoms with Crippen LogP contribution in [0.4, 0.5) is 22.0 Å². The van der Waals surface area contributed by atoms with Gasteiger partial charge in [-0.25, -0.2) is 4.39 Å². The Morgan fingerprint density at radius 3 is 1.20 bits per heavy atom. The van der Waals surface area contributed by atoms with Gasteiger partial charge in [-0.1, -0.05) is 11.6 Å². The van der Waals surface area contributed by atoms with E-state index >= 15 is 0 Å². The summed E-state index contributed by atoms with van der Waals surface area (Å²) in [6.07, 6.45) is 0. The molecule has 0 aromatic heterocycles. The second kappa shape index (κ2) is 3.47. The van der Waals surface area contributed by atoms with Gasteiger partial charge in [0.1, 0.15) is 0 Å². The molecule has 0 aliphatic rings. The quantitative estimate of drug-likeness (QED) is 0.552. The van der Waals surface area contributed by atoms with E-state index in [1.165, 1.54) is 0 Å². The van der Waals surface area contributed by atoms with E-state index in [4.69, 9.17) is 0 Å². The van der Waals surface area contributed by atoms with E-state index in [9.17, 15) is 31.5 Å². The molecule has 0 heterocycles. The highest BCUT2D eigenvalue weighted by molar-refractivity contribution is 6.27. The lowest BCUT2D eigenvalue weighted by molar-refractivity contribution is -0.205. The van der Waals surface area contributed by atoms with Crippen molar-refractivity contribution in [2.75, 3.05) is 0 Å². The Labute approximate surface area is 84.3 Å². The molecule has 0 bridgehead atoms. The summed E-state index contributed by atoms with van der Waals surface area (Å²) in [4.78, 5) is 20.0. The molecule has 0 aliphatic heterocycles. The summed E-state index contributed by atoms with van der Waals surface area (Å²) in [6, 6.07) is 0. The van der Waals surface area contributed by atoms with Crippen LogP contribution in [0, 0.1) is 0 Å². The first kappa shape index (κ1) is 13.9. The van der Waals surface area contributed by atoms with E-state index in [1.54, 1.807) is 0 Å². The lowest BCUT2D eigenvalue weighted by Crippen LogP contribution is -2.63. The van der Waals surface area contributed by atoms with Gasteiger partial charge in [-0.2, -0.15) is 17.6 Å². The molecular formula is C5H4ClF5N2O2. The maximum atomic E-state index is 12.8. The molecule has 4 nitrogen and oxygen atoms in total. The van der Waals surface area contributed by atoms with E-state index in [2.05, 4.69) is 23.1 Å². The molecule has 0 aromatic rings. The molecular weight excluding hydrogens is 251 g/mol. The number of nitrogens with two attached hydrogens (primary N) is 2. The molecule has 0 saturated carbocycles. The predicted octanol–water partition coefficient (Wildman–Crippen LogP) is 0.132. The van der Waals surface area contributed by atoms with Crippen molar-refractivity contribution in [3.63, 3.8) is 0 Å². The Hall–Kier alpha value is -1.12. The van der Waals surface area contributed by atoms with Crippen molar-refractivity contribution in [2.24, 2.45) is 11.5 Å². The highest BCUT2D eigenvalue weighted by Crippen LogP contribution is 2.47. The van der Waals surface area contributed by atoms with Crippen LogP contribution in [0.15, 0.2) is 0 Å². The predicted molar refractivity (Wildman–Crippen MR) is 38.0 cm³/mol. The molecule has 88 valence electrons. The largest absolute Gasteiger partial charge is 0.377 e. The second-order valence-corrected chi connectivity index (χ2v) is 2.97. The van der Waals surface area contributed by atoms with Crippen LogP contribution in [0.3, 0.4) is 0 Å². The highest BCUT2D eigenvalue weighted by Gasteiger charge is 2.74. The van der Waals surface area contributed by atoms with Gasteiger partial charge >= 0.3 is 17.0 Å². The number of halogens is 6. The molecule has 0 aliphatic carbocycles. The van der Waals surface area contributed by atoms with Crippen molar-refractivity contribution in [2.45, 2.75) is 17.0 Å². The van der Waals surface area contributed by atoms with Gasteiger partial charge in [0.15, 0.2) is 0 Å². The Morgan fingerprint density at radius 2 is 1.07 bits per heavy atom. The Bertz CT molecular complexity index is 278. The van der Waals surface area contributed by atoms with Crippen LogP contribution in [0.25, 0.3) is 0 Å². The van der Waals surface area contributed by atoms with Gasteiger partial charge in [-0.05, 0) is 0 Å². The Balaban J connectivity index is 5.50. The lowest BCUT2D eigenvalue weighted by atomic mass is 10.1. The molecule has 0 fully saturated rings. The molecule has 0 spiro atoms. The summed E-state index contributed by atoms with van der Waals surface area (Å²) in [7, 11) is 0. The summed E-state index contributed by atoms with van der Waals surface area (Å²) in [5.41, 5.74) is 7.91. The maximum Gasteiger partial charge on any atom is 0.377 e. The van der Waals surface area contributed by atoms with Crippen molar-refractivity contribution >= 4 is 23.4 Å². The van der Waals surface area contributed by atoms with Gasteiger partial charge in [-0.3, -0.25) is 9.59 Å². The van der Waals surface area contributed by atoms with Crippen molar-refractivity contribution in [3.8, 4) is 0 Å². The van der Waals surface area contributed by atoms with Crippen molar-refractivity contribution < 1.29 is 31.5 Å². The zero-order chi connectivity index (χ0) is 12.7. The van der Waals surface area contributed by atoms with E-state index in [-0.39, 0.29) is 0 Å². The summed E-state index contributed by atoms with van der Waals surface area (Å²) >= 11 is 4.14. The Morgan fingerprint density at radius 1 is 0.867 bits per heavy atom. The number of carbonyl (C=O) groups is 2. The van der Waals surface area contributed by atoms with Gasteiger partial charge in [-0.15, -0.1) is 0 Å². The van der Waals surface area contributed by atoms with E-state index < -0.39 is 28.8 Å². The minimum Gasteiger partial charge on any atom is -0.364 e. The topological polar surface area (TPSA) is 86.2 Å². The number of hydrogen-bond acceptors (Lipinski definition) is 2. The van der Waals surface area contributed by atoms with Crippen LogP contribution in [-0.2, 0) is 9.59 Å². The van der Waals surface area contributed by atoms with Gasteiger partial charge < -0.3 is 11.5 Å². The number of hydrogen-bond donors (Lipinski definition) is 2. The molecule has 0 unspecified atom stereocenters. The van der Waals surface area contributed by atoms with E-state index in [0.29, 0.717) is 0 Å². The molecule has 0 radical (unpaired) electrons. The van der Waals surface area contributed by atoms with Crippen LogP contribution in [-0.4, -0.2) is 28.8 Å². The monoisotopic (exact) mass is 254 g/mol. The summed E-state index contributed by atoms with van der Waals surface area (Å²) < 4.78 is 62.9. The fraction of sp³-hybridized carbons (Fsp3) is 0.600. The third-order valence-electron chi connectivity index (χ3n) is 1.41. The fourth-order valence-electron chi connectivity index (χ4n) is 0.507. The van der Waals surface area contributed by atoms with Crippen LogP contribution < -0.4 is 11.5 Å². The first-order valence-electron chi connectivity index (χ1n) is 3.12. The minimum atomic E-state index is -5.45. The first-order valence-corrected chi connectivity index (χ1v) is 3.50. The molecule has 0 atom stereocenters. The zero-order valence-electron chi connectivity index (χ0n) is 6.74. The fourth-order valence-corrected chi connectivity index (χ4v) is 0.693. The third-order valence-corrected chi connectivity index (χ3v) is 1.88. The average molecular weight is 255 g/mol. The second-order valence-electron chi connectivity index (χ2n) is 2.45. The van der Waals surface area contributed by atoms with Crippen LogP contribution >= 0.6 is 11.6 Å². The number of rotatable bonds is 4. The van der Waals surface area contributed by atoms with Gasteiger partial charge in [0.2, 0.25) is 0 Å².